The third-order valence-corrected chi connectivity index (χ3v) is 2.56. The van der Waals surface area contributed by atoms with Crippen molar-refractivity contribution in [2.75, 3.05) is 5.88 Å². The van der Waals surface area contributed by atoms with Gasteiger partial charge in [0.15, 0.2) is 0 Å². The SMILES string of the molecule is CCCC(C)(CCl)CC(C)(F)F. The Labute approximate surface area is 78.3 Å². The van der Waals surface area contributed by atoms with E-state index in [1.54, 1.807) is 0 Å². The van der Waals surface area contributed by atoms with Gasteiger partial charge in [0.05, 0.1) is 0 Å². The summed E-state index contributed by atoms with van der Waals surface area (Å²) in [6.07, 6.45) is 1.55. The molecule has 1 unspecified atom stereocenters. The van der Waals surface area contributed by atoms with E-state index < -0.39 is 11.3 Å². The molecule has 0 saturated heterocycles. The second-order valence-electron chi connectivity index (χ2n) is 3.94. The van der Waals surface area contributed by atoms with E-state index in [-0.39, 0.29) is 6.42 Å². The van der Waals surface area contributed by atoms with Crippen molar-refractivity contribution in [2.45, 2.75) is 46.0 Å². The summed E-state index contributed by atoms with van der Waals surface area (Å²) in [5.41, 5.74) is -0.408. The molecule has 0 nitrogen and oxygen atoms in total. The van der Waals surface area contributed by atoms with E-state index in [4.69, 9.17) is 11.6 Å². The van der Waals surface area contributed by atoms with Gasteiger partial charge in [-0.3, -0.25) is 0 Å². The van der Waals surface area contributed by atoms with Crippen molar-refractivity contribution < 1.29 is 8.78 Å². The van der Waals surface area contributed by atoms with E-state index in [2.05, 4.69) is 0 Å². The third kappa shape index (κ3) is 4.91. The minimum absolute atomic E-state index is 0.114. The normalized spacial score (nSPS) is 17.5. The van der Waals surface area contributed by atoms with Crippen LogP contribution in [0.2, 0.25) is 0 Å². The summed E-state index contributed by atoms with van der Waals surface area (Å²) in [5.74, 6) is -2.29. The topological polar surface area (TPSA) is 0 Å². The van der Waals surface area contributed by atoms with Crippen LogP contribution in [0.5, 0.6) is 0 Å². The summed E-state index contributed by atoms with van der Waals surface area (Å²) < 4.78 is 25.3. The zero-order valence-corrected chi connectivity index (χ0v) is 8.72. The molecule has 1 atom stereocenters. The first-order valence-electron chi connectivity index (χ1n) is 4.27. The lowest BCUT2D eigenvalue weighted by atomic mass is 9.82. The number of hydrogen-bond acceptors (Lipinski definition) is 0. The van der Waals surface area contributed by atoms with Gasteiger partial charge in [-0.15, -0.1) is 11.6 Å². The van der Waals surface area contributed by atoms with Crippen molar-refractivity contribution in [1.82, 2.24) is 0 Å². The molecule has 0 bridgehead atoms. The Kier molecular flexibility index (Phi) is 4.46. The van der Waals surface area contributed by atoms with Crippen molar-refractivity contribution in [3.05, 3.63) is 0 Å². The average molecular weight is 199 g/mol. The molecule has 0 N–H and O–H groups in total. The van der Waals surface area contributed by atoms with Crippen LogP contribution >= 0.6 is 11.6 Å². The van der Waals surface area contributed by atoms with E-state index >= 15 is 0 Å². The highest BCUT2D eigenvalue weighted by molar-refractivity contribution is 6.18. The van der Waals surface area contributed by atoms with Crippen LogP contribution < -0.4 is 0 Å². The molecule has 0 fully saturated rings. The second-order valence-corrected chi connectivity index (χ2v) is 4.21. The first-order chi connectivity index (χ1) is 5.33. The van der Waals surface area contributed by atoms with Crippen molar-refractivity contribution in [2.24, 2.45) is 5.41 Å². The van der Waals surface area contributed by atoms with Crippen LogP contribution in [0, 0.1) is 5.41 Å². The van der Waals surface area contributed by atoms with Crippen molar-refractivity contribution in [3.8, 4) is 0 Å². The van der Waals surface area contributed by atoms with Gasteiger partial charge < -0.3 is 0 Å². The monoisotopic (exact) mass is 198 g/mol. The Bertz CT molecular complexity index is 131. The Morgan fingerprint density at radius 3 is 2.00 bits per heavy atom. The maximum atomic E-state index is 12.7. The number of hydrogen-bond donors (Lipinski definition) is 0. The molecule has 0 saturated carbocycles. The van der Waals surface area contributed by atoms with E-state index in [9.17, 15) is 8.78 Å². The van der Waals surface area contributed by atoms with Gasteiger partial charge in [0, 0.05) is 12.3 Å². The zero-order valence-electron chi connectivity index (χ0n) is 7.96. The Hall–Kier alpha value is 0.150. The molecule has 0 aliphatic heterocycles. The molecule has 74 valence electrons. The van der Waals surface area contributed by atoms with Crippen LogP contribution in [-0.2, 0) is 0 Å². The fraction of sp³-hybridized carbons (Fsp3) is 1.00. The maximum Gasteiger partial charge on any atom is 0.246 e. The van der Waals surface area contributed by atoms with Crippen molar-refractivity contribution in [3.63, 3.8) is 0 Å². The van der Waals surface area contributed by atoms with E-state index in [1.807, 2.05) is 13.8 Å². The second kappa shape index (κ2) is 4.40. The summed E-state index contributed by atoms with van der Waals surface area (Å²) in [5, 5.41) is 0. The van der Waals surface area contributed by atoms with Gasteiger partial charge in [-0.25, -0.2) is 8.78 Å². The summed E-state index contributed by atoms with van der Waals surface area (Å²) in [6, 6.07) is 0. The van der Waals surface area contributed by atoms with Crippen LogP contribution in [-0.4, -0.2) is 11.8 Å². The standard InChI is InChI=1S/C9H17ClF2/c1-4-5-8(2,7-10)6-9(3,11)12/h4-7H2,1-3H3. The number of rotatable bonds is 5. The Morgan fingerprint density at radius 1 is 1.25 bits per heavy atom. The molecular formula is C9H17ClF2. The lowest BCUT2D eigenvalue weighted by molar-refractivity contribution is -0.0221. The van der Waals surface area contributed by atoms with Gasteiger partial charge in [0.25, 0.3) is 0 Å². The molecule has 0 spiro atoms. The lowest BCUT2D eigenvalue weighted by Crippen LogP contribution is -2.27. The molecule has 0 amide bonds. The molecule has 0 aromatic rings. The van der Waals surface area contributed by atoms with Crippen LogP contribution in [0.4, 0.5) is 8.78 Å². The highest BCUT2D eigenvalue weighted by Crippen LogP contribution is 2.36. The Morgan fingerprint density at radius 2 is 1.75 bits per heavy atom. The summed E-state index contributed by atoms with van der Waals surface area (Å²) in [6.45, 7) is 4.76. The highest BCUT2D eigenvalue weighted by Gasteiger charge is 2.34. The lowest BCUT2D eigenvalue weighted by Gasteiger charge is -2.29. The van der Waals surface area contributed by atoms with Gasteiger partial charge in [-0.05, 0) is 18.8 Å². The minimum Gasteiger partial charge on any atom is -0.207 e. The maximum absolute atomic E-state index is 12.7. The molecule has 0 aliphatic carbocycles. The van der Waals surface area contributed by atoms with E-state index in [1.165, 1.54) is 0 Å². The van der Waals surface area contributed by atoms with Gasteiger partial charge in [-0.2, -0.15) is 0 Å². The molecule has 0 heterocycles. The molecule has 0 rings (SSSR count). The van der Waals surface area contributed by atoms with E-state index in [0.717, 1.165) is 19.8 Å². The number of halogens is 3. The van der Waals surface area contributed by atoms with Gasteiger partial charge in [0.2, 0.25) is 5.92 Å². The minimum atomic E-state index is -2.60. The molecule has 0 aliphatic rings. The number of alkyl halides is 3. The first-order valence-corrected chi connectivity index (χ1v) is 4.80. The van der Waals surface area contributed by atoms with Crippen molar-refractivity contribution >= 4 is 11.6 Å². The van der Waals surface area contributed by atoms with Crippen LogP contribution in [0.1, 0.15) is 40.0 Å². The molecule has 12 heavy (non-hydrogen) atoms. The van der Waals surface area contributed by atoms with Crippen LogP contribution in [0.25, 0.3) is 0 Å². The quantitative estimate of drug-likeness (QED) is 0.584. The highest BCUT2D eigenvalue weighted by atomic mass is 35.5. The van der Waals surface area contributed by atoms with Gasteiger partial charge >= 0.3 is 0 Å². The predicted molar refractivity (Wildman–Crippen MR) is 49.0 cm³/mol. The third-order valence-electron chi connectivity index (χ3n) is 1.91. The van der Waals surface area contributed by atoms with Gasteiger partial charge in [-0.1, -0.05) is 20.3 Å². The first kappa shape index (κ1) is 12.2. The fourth-order valence-corrected chi connectivity index (χ4v) is 1.78. The fourth-order valence-electron chi connectivity index (χ4n) is 1.56. The molecular weight excluding hydrogens is 182 g/mol. The summed E-state index contributed by atoms with van der Waals surface area (Å²) >= 11 is 5.66. The summed E-state index contributed by atoms with van der Waals surface area (Å²) in [7, 11) is 0. The van der Waals surface area contributed by atoms with Gasteiger partial charge in [0.1, 0.15) is 0 Å². The summed E-state index contributed by atoms with van der Waals surface area (Å²) in [4.78, 5) is 0. The molecule has 0 aromatic heterocycles. The molecule has 0 aromatic carbocycles. The predicted octanol–water partition coefficient (Wildman–Crippen LogP) is 4.08. The Balaban J connectivity index is 4.14. The zero-order chi connectivity index (χ0) is 9.83. The van der Waals surface area contributed by atoms with Crippen LogP contribution in [0.3, 0.4) is 0 Å². The molecule has 0 radical (unpaired) electrons. The van der Waals surface area contributed by atoms with Crippen molar-refractivity contribution in [1.29, 1.82) is 0 Å². The van der Waals surface area contributed by atoms with Crippen LogP contribution in [0.15, 0.2) is 0 Å². The van der Waals surface area contributed by atoms with E-state index in [0.29, 0.717) is 5.88 Å². The largest absolute Gasteiger partial charge is 0.246 e. The molecule has 3 heteroatoms. The average Bonchev–Trinajstić information content (AvgIpc) is 1.84. The smallest absolute Gasteiger partial charge is 0.207 e.